The molecule has 0 fully saturated rings. The van der Waals surface area contributed by atoms with Crippen LogP contribution in [-0.2, 0) is 6.42 Å². The van der Waals surface area contributed by atoms with Crippen LogP contribution in [0.1, 0.15) is 39.8 Å². The van der Waals surface area contributed by atoms with Crippen LogP contribution in [0.2, 0.25) is 0 Å². The van der Waals surface area contributed by atoms with E-state index in [4.69, 9.17) is 0 Å². The molecule has 2 heteroatoms. The minimum Gasteiger partial charge on any atom is -0.310 e. The van der Waals surface area contributed by atoms with Gasteiger partial charge in [-0.05, 0) is 117 Å². The van der Waals surface area contributed by atoms with Crippen molar-refractivity contribution in [2.24, 2.45) is 0 Å². The quantitative estimate of drug-likeness (QED) is 0.184. The minimum absolute atomic E-state index is 0.975. The molecule has 0 radical (unpaired) electrons. The van der Waals surface area contributed by atoms with E-state index in [-0.39, 0.29) is 0 Å². The van der Waals surface area contributed by atoms with Crippen LogP contribution in [0.15, 0.2) is 127 Å². The summed E-state index contributed by atoms with van der Waals surface area (Å²) >= 11 is 0. The van der Waals surface area contributed by atoms with E-state index in [1.54, 1.807) is 0 Å². The molecule has 0 aliphatic heterocycles. The van der Waals surface area contributed by atoms with E-state index >= 15 is 0 Å². The molecule has 1 aliphatic rings. The van der Waals surface area contributed by atoms with E-state index in [9.17, 15) is 0 Å². The monoisotopic (exact) mass is 570 g/mol. The summed E-state index contributed by atoms with van der Waals surface area (Å²) in [5, 5.41) is 2.49. The molecule has 0 saturated heterocycles. The highest BCUT2D eigenvalue weighted by molar-refractivity contribution is 6.12. The molecule has 2 nitrogen and oxygen atoms in total. The van der Waals surface area contributed by atoms with Gasteiger partial charge in [-0.2, -0.15) is 0 Å². The van der Waals surface area contributed by atoms with E-state index in [0.29, 0.717) is 0 Å². The van der Waals surface area contributed by atoms with Crippen molar-refractivity contribution in [2.45, 2.75) is 40.5 Å². The highest BCUT2D eigenvalue weighted by atomic mass is 15.2. The van der Waals surface area contributed by atoms with Crippen LogP contribution in [0.3, 0.4) is 0 Å². The summed E-state index contributed by atoms with van der Waals surface area (Å²) in [5.41, 5.74) is 14.9. The molecule has 0 unspecified atom stereocenters. The molecule has 0 amide bonds. The summed E-state index contributed by atoms with van der Waals surface area (Å²) < 4.78 is 0. The Bertz CT molecular complexity index is 1940. The van der Waals surface area contributed by atoms with Gasteiger partial charge in [0, 0.05) is 39.1 Å². The Morgan fingerprint density at radius 1 is 0.455 bits per heavy atom. The lowest BCUT2D eigenvalue weighted by Crippen LogP contribution is -2.18. The van der Waals surface area contributed by atoms with Gasteiger partial charge in [0.15, 0.2) is 0 Å². The number of rotatable bonds is 6. The standard InChI is InChI=1S/C42H38N2/c1-29-13-9-17-33(25-29)43(34-18-10-14-30(2)26-34)41-37-21-5-7-23-39(37)42(40-24-8-6-22-38(40)41)44(35-19-11-15-31(3)27-35)36-20-12-16-32(4)28-36/h5-7,9-23,25-28H,8,24H2,1-4H3. The fraction of sp³-hybridized carbons (Fsp3) is 0.143. The summed E-state index contributed by atoms with van der Waals surface area (Å²) in [4.78, 5) is 4.97. The van der Waals surface area contributed by atoms with Gasteiger partial charge in [-0.15, -0.1) is 0 Å². The highest BCUT2D eigenvalue weighted by Gasteiger charge is 2.28. The van der Waals surface area contributed by atoms with Crippen molar-refractivity contribution < 1.29 is 0 Å². The molecular weight excluding hydrogens is 532 g/mol. The largest absolute Gasteiger partial charge is 0.310 e. The third-order valence-electron chi connectivity index (χ3n) is 8.64. The maximum atomic E-state index is 2.49. The first kappa shape index (κ1) is 27.7. The van der Waals surface area contributed by atoms with E-state index < -0.39 is 0 Å². The molecule has 0 saturated carbocycles. The minimum atomic E-state index is 0.975. The fourth-order valence-corrected chi connectivity index (χ4v) is 6.71. The molecule has 0 spiro atoms. The van der Waals surface area contributed by atoms with Crippen molar-refractivity contribution in [2.75, 3.05) is 9.80 Å². The molecular formula is C42H38N2. The van der Waals surface area contributed by atoms with Crippen molar-refractivity contribution in [3.8, 4) is 0 Å². The number of hydrogen-bond donors (Lipinski definition) is 0. The van der Waals surface area contributed by atoms with Crippen LogP contribution in [-0.4, -0.2) is 0 Å². The predicted octanol–water partition coefficient (Wildman–Crippen LogP) is 12.0. The Kier molecular flexibility index (Phi) is 7.28. The Morgan fingerprint density at radius 2 is 0.864 bits per heavy atom. The molecule has 0 aromatic heterocycles. The number of anilines is 6. The second-order valence-electron chi connectivity index (χ2n) is 12.1. The zero-order valence-electron chi connectivity index (χ0n) is 26.0. The van der Waals surface area contributed by atoms with Crippen LogP contribution >= 0.6 is 0 Å². The summed E-state index contributed by atoms with van der Waals surface area (Å²) in [5.74, 6) is 0. The van der Waals surface area contributed by atoms with Gasteiger partial charge in [0.05, 0.1) is 11.4 Å². The number of fused-ring (bicyclic) bond motifs is 2. The van der Waals surface area contributed by atoms with Crippen molar-refractivity contribution in [1.29, 1.82) is 0 Å². The van der Waals surface area contributed by atoms with Gasteiger partial charge in [-0.1, -0.05) is 84.9 Å². The molecule has 0 N–H and O–H groups in total. The number of aryl methyl sites for hydroxylation is 4. The van der Waals surface area contributed by atoms with Crippen LogP contribution in [0.4, 0.5) is 34.1 Å². The van der Waals surface area contributed by atoms with Gasteiger partial charge in [0.2, 0.25) is 0 Å². The SMILES string of the molecule is Cc1cccc(N(c2cccc(C)c2)c2c3c(c(N(c4cccc(C)c4)c4cccc(C)c4)c4ccccc24)CCC=C3)c1. The first-order valence-corrected chi connectivity index (χ1v) is 15.6. The molecule has 0 bridgehead atoms. The van der Waals surface area contributed by atoms with Crippen molar-refractivity contribution >= 4 is 51.0 Å². The van der Waals surface area contributed by atoms with E-state index in [1.807, 2.05) is 0 Å². The average molecular weight is 571 g/mol. The Hall–Kier alpha value is -5.08. The second kappa shape index (κ2) is 11.5. The average Bonchev–Trinajstić information content (AvgIpc) is 3.02. The van der Waals surface area contributed by atoms with Crippen molar-refractivity contribution in [3.05, 3.63) is 161 Å². The summed E-state index contributed by atoms with van der Waals surface area (Å²) in [6.07, 6.45) is 6.71. The number of nitrogens with zero attached hydrogens (tertiary/aromatic N) is 2. The van der Waals surface area contributed by atoms with Gasteiger partial charge in [0.1, 0.15) is 0 Å². The summed E-state index contributed by atoms with van der Waals surface area (Å²) in [7, 11) is 0. The molecule has 216 valence electrons. The number of benzene rings is 6. The maximum Gasteiger partial charge on any atom is 0.0616 e. The van der Waals surface area contributed by atoms with Crippen LogP contribution < -0.4 is 9.80 Å². The normalized spacial score (nSPS) is 12.3. The lowest BCUT2D eigenvalue weighted by atomic mass is 9.87. The summed E-state index contributed by atoms with van der Waals surface area (Å²) in [6.45, 7) is 8.71. The first-order chi connectivity index (χ1) is 21.5. The van der Waals surface area contributed by atoms with Gasteiger partial charge in [-0.25, -0.2) is 0 Å². The van der Waals surface area contributed by atoms with Crippen molar-refractivity contribution in [1.82, 2.24) is 0 Å². The molecule has 6 aromatic carbocycles. The lowest BCUT2D eigenvalue weighted by Gasteiger charge is -2.35. The van der Waals surface area contributed by atoms with Crippen LogP contribution in [0.25, 0.3) is 16.8 Å². The van der Waals surface area contributed by atoms with E-state index in [1.165, 1.54) is 78.3 Å². The molecule has 0 atom stereocenters. The van der Waals surface area contributed by atoms with Crippen molar-refractivity contribution in [3.63, 3.8) is 0 Å². The molecule has 0 heterocycles. The number of allylic oxidation sites excluding steroid dienone is 1. The zero-order valence-corrected chi connectivity index (χ0v) is 26.0. The maximum absolute atomic E-state index is 2.49. The first-order valence-electron chi connectivity index (χ1n) is 15.6. The van der Waals surface area contributed by atoms with E-state index in [0.717, 1.165) is 12.8 Å². The highest BCUT2D eigenvalue weighted by Crippen LogP contribution is 2.51. The fourth-order valence-electron chi connectivity index (χ4n) is 6.71. The third kappa shape index (κ3) is 5.07. The van der Waals surface area contributed by atoms with Crippen LogP contribution in [0.5, 0.6) is 0 Å². The van der Waals surface area contributed by atoms with Crippen LogP contribution in [0, 0.1) is 27.7 Å². The van der Waals surface area contributed by atoms with Gasteiger partial charge < -0.3 is 9.80 Å². The molecule has 7 rings (SSSR count). The Balaban J connectivity index is 1.61. The van der Waals surface area contributed by atoms with E-state index in [2.05, 4.69) is 171 Å². The van der Waals surface area contributed by atoms with Gasteiger partial charge in [-0.3, -0.25) is 0 Å². The Morgan fingerprint density at radius 3 is 1.30 bits per heavy atom. The van der Waals surface area contributed by atoms with Gasteiger partial charge >= 0.3 is 0 Å². The zero-order chi connectivity index (χ0) is 30.2. The molecule has 1 aliphatic carbocycles. The summed E-state index contributed by atoms with van der Waals surface area (Å²) in [6, 6.07) is 44.6. The molecule has 44 heavy (non-hydrogen) atoms. The lowest BCUT2D eigenvalue weighted by molar-refractivity contribution is 0.981. The second-order valence-corrected chi connectivity index (χ2v) is 12.1. The molecule has 6 aromatic rings. The smallest absolute Gasteiger partial charge is 0.0616 e. The topological polar surface area (TPSA) is 6.48 Å². The third-order valence-corrected chi connectivity index (χ3v) is 8.64. The Labute approximate surface area is 261 Å². The van der Waals surface area contributed by atoms with Gasteiger partial charge in [0.25, 0.3) is 0 Å². The number of hydrogen-bond acceptors (Lipinski definition) is 2. The predicted molar refractivity (Wildman–Crippen MR) is 190 cm³/mol.